The summed E-state index contributed by atoms with van der Waals surface area (Å²) in [6, 6.07) is 21.3. The Morgan fingerprint density at radius 1 is 1.00 bits per heavy atom. The highest BCUT2D eigenvalue weighted by molar-refractivity contribution is 5.93. The molecular weight excluding hydrogens is 594 g/mol. The molecule has 0 saturated heterocycles. The Morgan fingerprint density at radius 3 is 2.47 bits per heavy atom. The number of carbonyl (C=O) groups excluding carboxylic acids is 2. The molecule has 248 valence electrons. The fourth-order valence-electron chi connectivity index (χ4n) is 6.31. The molecule has 0 bridgehead atoms. The minimum absolute atomic E-state index is 0.144. The summed E-state index contributed by atoms with van der Waals surface area (Å²) >= 11 is 0. The number of anilines is 1. The molecule has 2 unspecified atom stereocenters. The fourth-order valence-corrected chi connectivity index (χ4v) is 6.31. The van der Waals surface area contributed by atoms with E-state index in [2.05, 4.69) is 28.9 Å². The summed E-state index contributed by atoms with van der Waals surface area (Å²) in [4.78, 5) is 42.1. The van der Waals surface area contributed by atoms with Gasteiger partial charge >= 0.3 is 12.1 Å². The number of nitrogens with zero attached hydrogens (tertiary/aromatic N) is 2. The Hall–Kier alpha value is -4.66. The molecule has 2 atom stereocenters. The van der Waals surface area contributed by atoms with Gasteiger partial charge in [0.2, 0.25) is 5.91 Å². The zero-order valence-electron chi connectivity index (χ0n) is 27.8. The highest BCUT2D eigenvalue weighted by Crippen LogP contribution is 2.34. The van der Waals surface area contributed by atoms with E-state index in [-0.39, 0.29) is 18.2 Å². The summed E-state index contributed by atoms with van der Waals surface area (Å²) in [6.45, 7) is 8.13. The first kappa shape index (κ1) is 33.7. The van der Waals surface area contributed by atoms with E-state index >= 15 is 0 Å². The Kier molecular flexibility index (Phi) is 10.6. The maximum absolute atomic E-state index is 13.0. The first-order valence-electron chi connectivity index (χ1n) is 16.6. The van der Waals surface area contributed by atoms with Crippen LogP contribution in [0.15, 0.2) is 66.7 Å². The lowest BCUT2D eigenvalue weighted by atomic mass is 9.77. The molecule has 1 saturated carbocycles. The molecule has 1 aliphatic carbocycles. The van der Waals surface area contributed by atoms with Gasteiger partial charge < -0.3 is 24.5 Å². The summed E-state index contributed by atoms with van der Waals surface area (Å²) in [5, 5.41) is 12.7. The van der Waals surface area contributed by atoms with Crippen molar-refractivity contribution in [3.63, 3.8) is 0 Å². The van der Waals surface area contributed by atoms with Gasteiger partial charge in [0.05, 0.1) is 17.0 Å². The second-order valence-corrected chi connectivity index (χ2v) is 13.4. The molecule has 2 N–H and O–H groups in total. The van der Waals surface area contributed by atoms with Gasteiger partial charge in [0.1, 0.15) is 17.2 Å². The Labute approximate surface area is 276 Å². The number of amides is 1. The molecule has 1 amide bonds. The molecule has 0 aliphatic heterocycles. The first-order chi connectivity index (χ1) is 22.5. The first-order valence-corrected chi connectivity index (χ1v) is 16.6. The van der Waals surface area contributed by atoms with Gasteiger partial charge in [0, 0.05) is 30.6 Å². The van der Waals surface area contributed by atoms with Crippen molar-refractivity contribution in [3.05, 3.63) is 78.1 Å². The molecule has 5 rings (SSSR count). The topological polar surface area (TPSA) is 120 Å². The molecule has 9 nitrogen and oxygen atoms in total. The number of ether oxygens (including phenoxy) is 2. The second-order valence-electron chi connectivity index (χ2n) is 13.4. The van der Waals surface area contributed by atoms with Crippen LogP contribution in [-0.4, -0.2) is 38.3 Å². The van der Waals surface area contributed by atoms with Gasteiger partial charge in [0.25, 0.3) is 0 Å². The third-order valence-corrected chi connectivity index (χ3v) is 8.61. The number of carboxylic acids is 1. The van der Waals surface area contributed by atoms with Crippen molar-refractivity contribution >= 4 is 34.8 Å². The van der Waals surface area contributed by atoms with Crippen LogP contribution in [-0.2, 0) is 27.3 Å². The molecule has 47 heavy (non-hydrogen) atoms. The Balaban J connectivity index is 1.35. The van der Waals surface area contributed by atoms with Crippen molar-refractivity contribution < 1.29 is 29.0 Å². The van der Waals surface area contributed by atoms with E-state index in [1.165, 1.54) is 0 Å². The SMILES string of the molecule is CCCCc1nc2ccc(NC(=O)CC3CCCCC3C(=O)O)cc2n1Cc1ccc(-c2ccccc2OC(=O)OC(C)(C)C)cc1. The number of aryl methyl sites for hydroxylation is 1. The number of fused-ring (bicyclic) bond motifs is 1. The zero-order chi connectivity index (χ0) is 33.6. The predicted octanol–water partition coefficient (Wildman–Crippen LogP) is 8.63. The second kappa shape index (κ2) is 14.8. The molecule has 3 aromatic carbocycles. The maximum Gasteiger partial charge on any atom is 0.514 e. The largest absolute Gasteiger partial charge is 0.514 e. The van der Waals surface area contributed by atoms with Crippen LogP contribution in [0, 0.1) is 11.8 Å². The van der Waals surface area contributed by atoms with Crippen molar-refractivity contribution in [1.29, 1.82) is 0 Å². The average molecular weight is 640 g/mol. The van der Waals surface area contributed by atoms with E-state index in [9.17, 15) is 19.5 Å². The van der Waals surface area contributed by atoms with Crippen LogP contribution in [0.2, 0.25) is 0 Å². The van der Waals surface area contributed by atoms with Gasteiger partial charge in [-0.15, -0.1) is 0 Å². The van der Waals surface area contributed by atoms with Crippen LogP contribution in [0.5, 0.6) is 5.75 Å². The standard InChI is InChI=1S/C38H45N3O6/c1-5-6-15-34-40-31-21-20-28(39-35(42)22-27-11-7-8-13-30(27)36(43)44)23-32(31)41(34)24-25-16-18-26(19-17-25)29-12-9-10-14-33(29)46-37(45)47-38(2,3)4/h9-10,12,14,16-21,23,27,30H,5-8,11,13,15,22,24H2,1-4H3,(H,39,42)(H,43,44). The number of carbonyl (C=O) groups is 3. The Bertz CT molecular complexity index is 1720. The smallest absolute Gasteiger partial charge is 0.481 e. The number of hydrogen-bond acceptors (Lipinski definition) is 6. The number of para-hydroxylation sites is 1. The Morgan fingerprint density at radius 2 is 1.74 bits per heavy atom. The quantitative estimate of drug-likeness (QED) is 0.125. The van der Waals surface area contributed by atoms with E-state index in [1.54, 1.807) is 26.8 Å². The third kappa shape index (κ3) is 8.78. The number of imidazole rings is 1. The maximum atomic E-state index is 13.0. The summed E-state index contributed by atoms with van der Waals surface area (Å²) in [5.74, 6) is -0.164. The number of nitrogens with one attached hydrogen (secondary N) is 1. The number of aliphatic carboxylic acids is 1. The molecule has 1 aromatic heterocycles. The lowest BCUT2D eigenvalue weighted by Crippen LogP contribution is -2.30. The predicted molar refractivity (Wildman–Crippen MR) is 183 cm³/mol. The molecule has 1 fully saturated rings. The van der Waals surface area contributed by atoms with E-state index in [1.807, 2.05) is 48.5 Å². The van der Waals surface area contributed by atoms with Crippen LogP contribution in [0.1, 0.15) is 84.0 Å². The third-order valence-electron chi connectivity index (χ3n) is 8.61. The van der Waals surface area contributed by atoms with E-state index in [0.29, 0.717) is 24.4 Å². The van der Waals surface area contributed by atoms with Crippen molar-refractivity contribution in [1.82, 2.24) is 9.55 Å². The van der Waals surface area contributed by atoms with Gasteiger partial charge in [-0.05, 0) is 81.3 Å². The molecule has 9 heteroatoms. The van der Waals surface area contributed by atoms with Crippen LogP contribution < -0.4 is 10.1 Å². The van der Waals surface area contributed by atoms with Crippen LogP contribution in [0.3, 0.4) is 0 Å². The van der Waals surface area contributed by atoms with Gasteiger partial charge in [-0.1, -0.05) is 68.7 Å². The highest BCUT2D eigenvalue weighted by atomic mass is 16.7. The van der Waals surface area contributed by atoms with Gasteiger partial charge in [-0.2, -0.15) is 0 Å². The number of benzene rings is 3. The number of carboxylic acid groups (broad SMARTS) is 1. The van der Waals surface area contributed by atoms with Crippen molar-refractivity contribution in [2.45, 2.75) is 91.2 Å². The summed E-state index contributed by atoms with van der Waals surface area (Å²) in [6.07, 6.45) is 5.59. The van der Waals surface area contributed by atoms with E-state index in [4.69, 9.17) is 14.5 Å². The molecule has 0 radical (unpaired) electrons. The average Bonchev–Trinajstić information content (AvgIpc) is 3.36. The fraction of sp³-hybridized carbons (Fsp3) is 0.421. The van der Waals surface area contributed by atoms with Gasteiger partial charge in [-0.25, -0.2) is 9.78 Å². The van der Waals surface area contributed by atoms with Crippen LogP contribution >= 0.6 is 0 Å². The number of aromatic nitrogens is 2. The molecule has 4 aromatic rings. The summed E-state index contributed by atoms with van der Waals surface area (Å²) in [5.41, 5.74) is 4.56. The summed E-state index contributed by atoms with van der Waals surface area (Å²) < 4.78 is 13.1. The lowest BCUT2D eigenvalue weighted by Gasteiger charge is -2.27. The highest BCUT2D eigenvalue weighted by Gasteiger charge is 2.32. The van der Waals surface area contributed by atoms with Crippen LogP contribution in [0.25, 0.3) is 22.2 Å². The van der Waals surface area contributed by atoms with Crippen LogP contribution in [0.4, 0.5) is 10.5 Å². The van der Waals surface area contributed by atoms with Gasteiger partial charge in [-0.3, -0.25) is 9.59 Å². The molecule has 0 spiro atoms. The minimum Gasteiger partial charge on any atom is -0.481 e. The van der Waals surface area contributed by atoms with Crippen molar-refractivity contribution in [2.24, 2.45) is 11.8 Å². The number of rotatable bonds is 11. The lowest BCUT2D eigenvalue weighted by molar-refractivity contribution is -0.145. The number of hydrogen-bond donors (Lipinski definition) is 2. The van der Waals surface area contributed by atoms with E-state index < -0.39 is 23.6 Å². The van der Waals surface area contributed by atoms with Crippen molar-refractivity contribution in [2.75, 3.05) is 5.32 Å². The molecule has 1 aliphatic rings. The molecule has 1 heterocycles. The summed E-state index contributed by atoms with van der Waals surface area (Å²) in [7, 11) is 0. The van der Waals surface area contributed by atoms with Crippen molar-refractivity contribution in [3.8, 4) is 16.9 Å². The van der Waals surface area contributed by atoms with Gasteiger partial charge in [0.15, 0.2) is 0 Å². The molecular formula is C38H45N3O6. The normalized spacial score (nSPS) is 16.5. The minimum atomic E-state index is -0.807. The zero-order valence-corrected chi connectivity index (χ0v) is 27.8. The number of unbranched alkanes of at least 4 members (excludes halogenated alkanes) is 1. The monoisotopic (exact) mass is 639 g/mol. The van der Waals surface area contributed by atoms with E-state index in [0.717, 1.165) is 72.1 Å².